The van der Waals surface area contributed by atoms with Crippen molar-refractivity contribution in [2.75, 3.05) is 0 Å². The third-order valence-corrected chi connectivity index (χ3v) is 0.955. The molecule has 0 fully saturated rings. The standard InChI is InChI=1S/C4H12NP/c1-2-3-4(5)6/h4H,2-3,5-6H2,1H3/t4-/m1/s1. The van der Waals surface area contributed by atoms with E-state index in [9.17, 15) is 0 Å². The fourth-order valence-electron chi connectivity index (χ4n) is 0.333. The van der Waals surface area contributed by atoms with Crippen LogP contribution in [0.3, 0.4) is 0 Å². The van der Waals surface area contributed by atoms with Crippen molar-refractivity contribution < 1.29 is 0 Å². The fraction of sp³-hybridized carbons (Fsp3) is 1.00. The molecule has 38 valence electrons. The van der Waals surface area contributed by atoms with E-state index in [1.54, 1.807) is 0 Å². The molecule has 0 bridgehead atoms. The van der Waals surface area contributed by atoms with Gasteiger partial charge in [0, 0.05) is 5.78 Å². The maximum atomic E-state index is 5.37. The average molecular weight is 105 g/mol. The van der Waals surface area contributed by atoms with E-state index in [1.165, 1.54) is 6.42 Å². The van der Waals surface area contributed by atoms with Crippen LogP contribution >= 0.6 is 9.24 Å². The van der Waals surface area contributed by atoms with Gasteiger partial charge < -0.3 is 5.73 Å². The number of hydrogen-bond acceptors (Lipinski definition) is 1. The third-order valence-electron chi connectivity index (χ3n) is 0.622. The number of rotatable bonds is 2. The first-order valence-corrected chi connectivity index (χ1v) is 2.95. The monoisotopic (exact) mass is 105 g/mol. The van der Waals surface area contributed by atoms with E-state index in [-0.39, 0.29) is 0 Å². The quantitative estimate of drug-likeness (QED) is 0.520. The zero-order valence-corrected chi connectivity index (χ0v) is 5.30. The van der Waals surface area contributed by atoms with Crippen LogP contribution < -0.4 is 5.73 Å². The maximum absolute atomic E-state index is 5.37. The molecule has 0 saturated carbocycles. The Morgan fingerprint density at radius 1 is 1.83 bits per heavy atom. The Bertz CT molecular complexity index is 28.7. The molecule has 0 aliphatic rings. The largest absolute Gasteiger partial charge is 0.324 e. The van der Waals surface area contributed by atoms with Crippen LogP contribution in [0.5, 0.6) is 0 Å². The molecule has 0 saturated heterocycles. The molecule has 1 unspecified atom stereocenters. The molecule has 6 heavy (non-hydrogen) atoms. The van der Waals surface area contributed by atoms with Gasteiger partial charge in [0.05, 0.1) is 0 Å². The van der Waals surface area contributed by atoms with E-state index in [1.807, 2.05) is 0 Å². The summed E-state index contributed by atoms with van der Waals surface area (Å²) in [5, 5.41) is 0. The molecular weight excluding hydrogens is 93.0 g/mol. The van der Waals surface area contributed by atoms with E-state index in [0.29, 0.717) is 5.78 Å². The van der Waals surface area contributed by atoms with Gasteiger partial charge in [-0.15, -0.1) is 9.24 Å². The van der Waals surface area contributed by atoms with Crippen molar-refractivity contribution in [1.29, 1.82) is 0 Å². The van der Waals surface area contributed by atoms with Gasteiger partial charge in [-0.05, 0) is 6.42 Å². The third kappa shape index (κ3) is 4.39. The summed E-state index contributed by atoms with van der Waals surface area (Å²) in [4.78, 5) is 0. The topological polar surface area (TPSA) is 26.0 Å². The number of nitrogens with two attached hydrogens (primary N) is 1. The van der Waals surface area contributed by atoms with Crippen LogP contribution in [-0.2, 0) is 0 Å². The summed E-state index contributed by atoms with van der Waals surface area (Å²) in [6.07, 6.45) is 2.30. The summed E-state index contributed by atoms with van der Waals surface area (Å²) in [6.45, 7) is 2.13. The molecule has 0 heterocycles. The van der Waals surface area contributed by atoms with Gasteiger partial charge >= 0.3 is 0 Å². The minimum absolute atomic E-state index is 0.315. The molecule has 0 aromatic carbocycles. The smallest absolute Gasteiger partial charge is 0.0184 e. The Balaban J connectivity index is 2.63. The first-order valence-electron chi connectivity index (χ1n) is 2.28. The Hall–Kier alpha value is 0.390. The lowest BCUT2D eigenvalue weighted by atomic mass is 10.3. The normalized spacial score (nSPS) is 14.5. The van der Waals surface area contributed by atoms with E-state index >= 15 is 0 Å². The first kappa shape index (κ1) is 6.39. The summed E-state index contributed by atoms with van der Waals surface area (Å²) in [5.74, 6) is 0.315. The van der Waals surface area contributed by atoms with Gasteiger partial charge in [-0.3, -0.25) is 0 Å². The highest BCUT2D eigenvalue weighted by atomic mass is 31.0. The second-order valence-corrected chi connectivity index (χ2v) is 2.31. The van der Waals surface area contributed by atoms with E-state index in [2.05, 4.69) is 16.2 Å². The van der Waals surface area contributed by atoms with Crippen LogP contribution in [-0.4, -0.2) is 5.78 Å². The van der Waals surface area contributed by atoms with Crippen LogP contribution in [0.1, 0.15) is 19.8 Å². The van der Waals surface area contributed by atoms with Crippen molar-refractivity contribution >= 4 is 9.24 Å². The van der Waals surface area contributed by atoms with Gasteiger partial charge in [-0.1, -0.05) is 13.3 Å². The predicted octanol–water partition coefficient (Wildman–Crippen LogP) is 0.946. The van der Waals surface area contributed by atoms with E-state index < -0.39 is 0 Å². The summed E-state index contributed by atoms with van der Waals surface area (Å²) in [6, 6.07) is 0. The van der Waals surface area contributed by atoms with Crippen LogP contribution in [0, 0.1) is 0 Å². The second kappa shape index (κ2) is 3.58. The van der Waals surface area contributed by atoms with Gasteiger partial charge in [0.1, 0.15) is 0 Å². The highest BCUT2D eigenvalue weighted by Gasteiger charge is 1.85. The Morgan fingerprint density at radius 2 is 2.33 bits per heavy atom. The van der Waals surface area contributed by atoms with Gasteiger partial charge in [-0.25, -0.2) is 0 Å². The molecule has 0 spiro atoms. The van der Waals surface area contributed by atoms with Crippen molar-refractivity contribution in [2.45, 2.75) is 25.5 Å². The number of hydrogen-bond donors (Lipinski definition) is 1. The minimum Gasteiger partial charge on any atom is -0.324 e. The first-order chi connectivity index (χ1) is 2.77. The van der Waals surface area contributed by atoms with Crippen LogP contribution in [0.4, 0.5) is 0 Å². The molecular formula is C4H12NP. The zero-order chi connectivity index (χ0) is 4.99. The molecule has 2 heteroatoms. The molecule has 2 atom stereocenters. The van der Waals surface area contributed by atoms with E-state index in [0.717, 1.165) is 6.42 Å². The lowest BCUT2D eigenvalue weighted by molar-refractivity contribution is 0.765. The molecule has 0 rings (SSSR count). The van der Waals surface area contributed by atoms with Gasteiger partial charge in [0.25, 0.3) is 0 Å². The Kier molecular flexibility index (Phi) is 3.81. The van der Waals surface area contributed by atoms with Gasteiger partial charge in [0.15, 0.2) is 0 Å². The summed E-state index contributed by atoms with van der Waals surface area (Å²) < 4.78 is 0. The molecule has 2 N–H and O–H groups in total. The van der Waals surface area contributed by atoms with Crippen molar-refractivity contribution in [2.24, 2.45) is 5.73 Å². The summed E-state index contributed by atoms with van der Waals surface area (Å²) in [5.41, 5.74) is 5.37. The molecule has 1 nitrogen and oxygen atoms in total. The predicted molar refractivity (Wildman–Crippen MR) is 32.6 cm³/mol. The van der Waals surface area contributed by atoms with Crippen molar-refractivity contribution in [3.05, 3.63) is 0 Å². The zero-order valence-electron chi connectivity index (χ0n) is 4.15. The van der Waals surface area contributed by atoms with Gasteiger partial charge in [-0.2, -0.15) is 0 Å². The van der Waals surface area contributed by atoms with Crippen LogP contribution in [0.25, 0.3) is 0 Å². The van der Waals surface area contributed by atoms with Gasteiger partial charge in [0.2, 0.25) is 0 Å². The minimum atomic E-state index is 0.315. The summed E-state index contributed by atoms with van der Waals surface area (Å²) >= 11 is 0. The fourth-order valence-corrected chi connectivity index (χ4v) is 0.667. The molecule has 0 amide bonds. The second-order valence-electron chi connectivity index (χ2n) is 1.45. The maximum Gasteiger partial charge on any atom is 0.0184 e. The highest BCUT2D eigenvalue weighted by molar-refractivity contribution is 7.17. The molecule has 0 radical (unpaired) electrons. The Morgan fingerprint density at radius 3 is 2.33 bits per heavy atom. The summed E-state index contributed by atoms with van der Waals surface area (Å²) in [7, 11) is 2.56. The van der Waals surface area contributed by atoms with Crippen molar-refractivity contribution in [3.63, 3.8) is 0 Å². The lowest BCUT2D eigenvalue weighted by Crippen LogP contribution is -2.08. The molecule has 0 aromatic rings. The van der Waals surface area contributed by atoms with E-state index in [4.69, 9.17) is 5.73 Å². The lowest BCUT2D eigenvalue weighted by Gasteiger charge is -1.96. The Labute approximate surface area is 41.5 Å². The molecule has 0 aliphatic heterocycles. The SMILES string of the molecule is CCC[C@H](N)P. The van der Waals surface area contributed by atoms with Crippen LogP contribution in [0.2, 0.25) is 0 Å². The average Bonchev–Trinajstić information content (AvgIpc) is 1.35. The van der Waals surface area contributed by atoms with Crippen molar-refractivity contribution in [3.8, 4) is 0 Å². The van der Waals surface area contributed by atoms with Crippen LogP contribution in [0.15, 0.2) is 0 Å². The molecule has 0 aliphatic carbocycles. The highest BCUT2D eigenvalue weighted by Crippen LogP contribution is 1.98. The van der Waals surface area contributed by atoms with Crippen molar-refractivity contribution in [1.82, 2.24) is 0 Å². The molecule has 0 aromatic heterocycles.